The normalized spacial score (nSPS) is 21.3. The first-order chi connectivity index (χ1) is 9.78. The van der Waals surface area contributed by atoms with Crippen molar-refractivity contribution in [3.63, 3.8) is 0 Å². The zero-order chi connectivity index (χ0) is 13.9. The van der Waals surface area contributed by atoms with E-state index >= 15 is 0 Å². The first kappa shape index (κ1) is 12.8. The smallest absolute Gasteiger partial charge is 0.257 e. The van der Waals surface area contributed by atoms with Crippen molar-refractivity contribution < 1.29 is 4.74 Å². The van der Waals surface area contributed by atoms with E-state index in [1.807, 2.05) is 0 Å². The maximum absolute atomic E-state index is 5.38. The van der Waals surface area contributed by atoms with Gasteiger partial charge in [0, 0.05) is 25.5 Å². The lowest BCUT2D eigenvalue weighted by Gasteiger charge is -2.34. The average molecular weight is 276 g/mol. The van der Waals surface area contributed by atoms with Crippen LogP contribution in [-0.4, -0.2) is 44.0 Å². The lowest BCUT2D eigenvalue weighted by atomic mass is 9.89. The van der Waals surface area contributed by atoms with Gasteiger partial charge in [0.25, 0.3) is 5.95 Å². The third kappa shape index (κ3) is 2.53. The van der Waals surface area contributed by atoms with Crippen LogP contribution in [-0.2, 0) is 4.74 Å². The molecule has 2 heterocycles. The number of nitrogens with two attached hydrogens (primary N) is 1. The topological polar surface area (TPSA) is 116 Å². The fourth-order valence-corrected chi connectivity index (χ4v) is 2.04. The van der Waals surface area contributed by atoms with E-state index in [0.29, 0.717) is 24.0 Å². The van der Waals surface area contributed by atoms with E-state index in [1.54, 1.807) is 30.3 Å². The molecular weight excluding hydrogens is 260 g/mol. The molecule has 1 aliphatic rings. The number of anilines is 2. The highest BCUT2D eigenvalue weighted by Gasteiger charge is 2.29. The molecule has 0 spiro atoms. The first-order valence-electron chi connectivity index (χ1n) is 6.30. The van der Waals surface area contributed by atoms with Crippen molar-refractivity contribution in [2.24, 2.45) is 5.84 Å². The van der Waals surface area contributed by atoms with Gasteiger partial charge in [-0.1, -0.05) is 0 Å². The van der Waals surface area contributed by atoms with E-state index in [9.17, 15) is 0 Å². The molecule has 106 valence electrons. The standard InChI is InChI=1S/C11H16N8O/c1-20-8-5-7(6-8)14-9-15-10(18-12)17-11(16-9)19-4-2-3-13-19/h2-4,7-8H,5-6,12H2,1H3,(H2,14,15,16,17,18). The van der Waals surface area contributed by atoms with E-state index in [0.717, 1.165) is 12.8 Å². The predicted octanol–water partition coefficient (Wildman–Crippen LogP) is -0.0678. The first-order valence-corrected chi connectivity index (χ1v) is 6.30. The maximum Gasteiger partial charge on any atom is 0.257 e. The number of hydrogen-bond acceptors (Lipinski definition) is 8. The number of methoxy groups -OCH3 is 1. The van der Waals surface area contributed by atoms with E-state index in [1.165, 1.54) is 0 Å². The van der Waals surface area contributed by atoms with Crippen molar-refractivity contribution in [2.45, 2.75) is 25.0 Å². The summed E-state index contributed by atoms with van der Waals surface area (Å²) >= 11 is 0. The van der Waals surface area contributed by atoms with Crippen LogP contribution < -0.4 is 16.6 Å². The van der Waals surface area contributed by atoms with E-state index in [2.05, 4.69) is 30.8 Å². The second-order valence-corrected chi connectivity index (χ2v) is 4.55. The summed E-state index contributed by atoms with van der Waals surface area (Å²) in [6, 6.07) is 2.10. The highest BCUT2D eigenvalue weighted by atomic mass is 16.5. The highest BCUT2D eigenvalue weighted by Crippen LogP contribution is 2.25. The summed E-state index contributed by atoms with van der Waals surface area (Å²) in [5.41, 5.74) is 2.43. The molecule has 0 saturated heterocycles. The lowest BCUT2D eigenvalue weighted by molar-refractivity contribution is 0.0327. The van der Waals surface area contributed by atoms with Crippen LogP contribution in [0.4, 0.5) is 11.9 Å². The van der Waals surface area contributed by atoms with Gasteiger partial charge in [-0.05, 0) is 18.9 Å². The predicted molar refractivity (Wildman–Crippen MR) is 72.2 cm³/mol. The molecule has 0 aliphatic heterocycles. The number of hydrogen-bond donors (Lipinski definition) is 3. The molecule has 0 atom stereocenters. The van der Waals surface area contributed by atoms with Crippen LogP contribution >= 0.6 is 0 Å². The van der Waals surface area contributed by atoms with Gasteiger partial charge >= 0.3 is 0 Å². The van der Waals surface area contributed by atoms with Crippen molar-refractivity contribution in [3.05, 3.63) is 18.5 Å². The molecular formula is C11H16N8O. The molecule has 2 aromatic rings. The Hall–Kier alpha value is -2.26. The minimum atomic E-state index is 0.288. The summed E-state index contributed by atoms with van der Waals surface area (Å²) < 4.78 is 6.79. The van der Waals surface area contributed by atoms with Gasteiger partial charge in [-0.25, -0.2) is 10.5 Å². The number of ether oxygens (including phenoxy) is 1. The van der Waals surface area contributed by atoms with Crippen molar-refractivity contribution in [1.29, 1.82) is 0 Å². The molecule has 1 saturated carbocycles. The molecule has 0 amide bonds. The van der Waals surface area contributed by atoms with E-state index in [-0.39, 0.29) is 5.95 Å². The highest BCUT2D eigenvalue weighted by molar-refractivity contribution is 5.38. The zero-order valence-electron chi connectivity index (χ0n) is 11.0. The number of hydrazine groups is 1. The number of aromatic nitrogens is 5. The fourth-order valence-electron chi connectivity index (χ4n) is 2.04. The van der Waals surface area contributed by atoms with Crippen LogP contribution in [0.3, 0.4) is 0 Å². The van der Waals surface area contributed by atoms with Gasteiger partial charge < -0.3 is 10.1 Å². The van der Waals surface area contributed by atoms with Crippen LogP contribution in [0, 0.1) is 0 Å². The Morgan fingerprint density at radius 1 is 1.30 bits per heavy atom. The Morgan fingerprint density at radius 3 is 2.75 bits per heavy atom. The molecule has 3 rings (SSSR count). The molecule has 0 bridgehead atoms. The third-order valence-electron chi connectivity index (χ3n) is 3.22. The Kier molecular flexibility index (Phi) is 3.44. The minimum absolute atomic E-state index is 0.288. The largest absolute Gasteiger partial charge is 0.381 e. The van der Waals surface area contributed by atoms with Crippen LogP contribution in [0.15, 0.2) is 18.5 Å². The number of rotatable bonds is 5. The number of nitrogens with zero attached hydrogens (tertiary/aromatic N) is 5. The number of nitrogens with one attached hydrogen (secondary N) is 2. The Labute approximate surface area is 115 Å². The van der Waals surface area contributed by atoms with Crippen LogP contribution in [0.5, 0.6) is 0 Å². The molecule has 0 radical (unpaired) electrons. The maximum atomic E-state index is 5.38. The van der Waals surface area contributed by atoms with Crippen LogP contribution in [0.2, 0.25) is 0 Å². The SMILES string of the molecule is COC1CC(Nc2nc(NN)nc(-n3cccn3)n2)C1. The summed E-state index contributed by atoms with van der Waals surface area (Å²) in [5, 5.41) is 7.33. The molecule has 4 N–H and O–H groups in total. The van der Waals surface area contributed by atoms with Crippen molar-refractivity contribution in [3.8, 4) is 5.95 Å². The monoisotopic (exact) mass is 276 g/mol. The molecule has 0 aromatic carbocycles. The van der Waals surface area contributed by atoms with Crippen LogP contribution in [0.1, 0.15) is 12.8 Å². The van der Waals surface area contributed by atoms with Gasteiger partial charge in [0.2, 0.25) is 11.9 Å². The lowest BCUT2D eigenvalue weighted by Crippen LogP contribution is -2.40. The summed E-state index contributed by atoms with van der Waals surface area (Å²) in [6.07, 6.45) is 5.59. The molecule has 1 aliphatic carbocycles. The minimum Gasteiger partial charge on any atom is -0.381 e. The van der Waals surface area contributed by atoms with Gasteiger partial charge in [-0.15, -0.1) is 0 Å². The van der Waals surface area contributed by atoms with Crippen molar-refractivity contribution in [2.75, 3.05) is 17.9 Å². The zero-order valence-corrected chi connectivity index (χ0v) is 11.0. The summed E-state index contributed by atoms with van der Waals surface area (Å²) in [4.78, 5) is 12.7. The Morgan fingerprint density at radius 2 is 2.10 bits per heavy atom. The quantitative estimate of drug-likeness (QED) is 0.513. The fraction of sp³-hybridized carbons (Fsp3) is 0.455. The van der Waals surface area contributed by atoms with Gasteiger partial charge in [0.15, 0.2) is 0 Å². The molecule has 9 heteroatoms. The molecule has 0 unspecified atom stereocenters. The van der Waals surface area contributed by atoms with Crippen molar-refractivity contribution >= 4 is 11.9 Å². The number of nitrogen functional groups attached to an aromatic ring is 1. The van der Waals surface area contributed by atoms with Gasteiger partial charge in [0.1, 0.15) is 0 Å². The van der Waals surface area contributed by atoms with E-state index < -0.39 is 0 Å². The molecule has 20 heavy (non-hydrogen) atoms. The van der Waals surface area contributed by atoms with E-state index in [4.69, 9.17) is 10.6 Å². The average Bonchev–Trinajstić information content (AvgIpc) is 2.96. The Balaban J connectivity index is 1.78. The van der Waals surface area contributed by atoms with Gasteiger partial charge in [-0.2, -0.15) is 20.1 Å². The molecule has 2 aromatic heterocycles. The third-order valence-corrected chi connectivity index (χ3v) is 3.22. The summed E-state index contributed by atoms with van der Waals surface area (Å²) in [6.45, 7) is 0. The molecule has 9 nitrogen and oxygen atoms in total. The Bertz CT molecular complexity index is 566. The van der Waals surface area contributed by atoms with Crippen molar-refractivity contribution in [1.82, 2.24) is 24.7 Å². The second kappa shape index (κ2) is 5.39. The van der Waals surface area contributed by atoms with Gasteiger partial charge in [0.05, 0.1) is 6.10 Å². The second-order valence-electron chi connectivity index (χ2n) is 4.55. The summed E-state index contributed by atoms with van der Waals surface area (Å²) in [7, 11) is 1.72. The van der Waals surface area contributed by atoms with Gasteiger partial charge in [-0.3, -0.25) is 5.43 Å². The molecule has 1 fully saturated rings. The van der Waals surface area contributed by atoms with Crippen LogP contribution in [0.25, 0.3) is 5.95 Å². The summed E-state index contributed by atoms with van der Waals surface area (Å²) in [5.74, 6) is 6.55.